The van der Waals surface area contributed by atoms with E-state index in [2.05, 4.69) is 23.7 Å². The van der Waals surface area contributed by atoms with Crippen molar-refractivity contribution in [3.05, 3.63) is 16.1 Å². The Hall–Kier alpha value is -0.980. The summed E-state index contributed by atoms with van der Waals surface area (Å²) in [6, 6.07) is -1.01. The van der Waals surface area contributed by atoms with Crippen LogP contribution in [0.3, 0.4) is 0 Å². The molecule has 1 aromatic heterocycles. The molecular formula is C11H19N3O2S. The molecule has 3 N–H and O–H groups in total. The number of hydrogen-bond acceptors (Lipinski definition) is 5. The molecule has 1 unspecified atom stereocenters. The summed E-state index contributed by atoms with van der Waals surface area (Å²) in [5, 5.41) is 11.5. The van der Waals surface area contributed by atoms with Crippen LogP contribution in [0.15, 0.2) is 5.38 Å². The maximum absolute atomic E-state index is 10.7. The minimum Gasteiger partial charge on any atom is -0.480 e. The zero-order chi connectivity index (χ0) is 12.8. The topological polar surface area (TPSA) is 79.5 Å². The Balaban J connectivity index is 2.54. The van der Waals surface area contributed by atoms with E-state index in [9.17, 15) is 4.79 Å². The maximum Gasteiger partial charge on any atom is 0.326 e. The van der Waals surface area contributed by atoms with Gasteiger partial charge in [0.1, 0.15) is 6.04 Å². The van der Waals surface area contributed by atoms with E-state index in [-0.39, 0.29) is 0 Å². The molecule has 1 heterocycles. The molecule has 0 amide bonds. The fourth-order valence-electron chi connectivity index (χ4n) is 1.50. The molecular weight excluding hydrogens is 238 g/mol. The Bertz CT molecular complexity index is 363. The molecule has 5 nitrogen and oxygen atoms in total. The first-order valence-electron chi connectivity index (χ1n) is 5.73. The summed E-state index contributed by atoms with van der Waals surface area (Å²) < 4.78 is 0. The van der Waals surface area contributed by atoms with Gasteiger partial charge in [-0.25, -0.2) is 4.98 Å². The van der Waals surface area contributed by atoms with Crippen molar-refractivity contribution >= 4 is 17.3 Å². The highest BCUT2D eigenvalue weighted by Crippen LogP contribution is 2.16. The fourth-order valence-corrected chi connectivity index (χ4v) is 2.33. The number of carboxylic acid groups (broad SMARTS) is 1. The molecule has 0 aromatic carbocycles. The van der Waals surface area contributed by atoms with Crippen molar-refractivity contribution in [1.29, 1.82) is 0 Å². The lowest BCUT2D eigenvalue weighted by molar-refractivity contribution is -0.138. The molecule has 0 aliphatic carbocycles. The van der Waals surface area contributed by atoms with Gasteiger partial charge in [-0.15, -0.1) is 11.3 Å². The summed E-state index contributed by atoms with van der Waals surface area (Å²) in [5.41, 5.74) is 5.95. The van der Waals surface area contributed by atoms with Crippen LogP contribution < -0.4 is 5.73 Å². The van der Waals surface area contributed by atoms with Crippen LogP contribution in [0, 0.1) is 0 Å². The van der Waals surface area contributed by atoms with E-state index in [0.29, 0.717) is 5.69 Å². The number of nitrogens with two attached hydrogens (primary N) is 1. The molecule has 0 spiro atoms. The summed E-state index contributed by atoms with van der Waals surface area (Å²) in [7, 11) is 0. The van der Waals surface area contributed by atoms with E-state index in [4.69, 9.17) is 10.8 Å². The van der Waals surface area contributed by atoms with Crippen molar-refractivity contribution in [2.75, 3.05) is 19.6 Å². The standard InChI is InChI=1S/C11H19N3O2S/c1-3-14(4-2)6-5-9-13-8(7-17-9)10(12)11(15)16/h7,10H,3-6,12H2,1-2H3,(H,15,16). The second-order valence-electron chi connectivity index (χ2n) is 3.76. The Kier molecular flexibility index (Phi) is 5.54. The van der Waals surface area contributed by atoms with Gasteiger partial charge in [-0.2, -0.15) is 0 Å². The minimum absolute atomic E-state index is 0.456. The van der Waals surface area contributed by atoms with Gasteiger partial charge in [0.25, 0.3) is 0 Å². The zero-order valence-electron chi connectivity index (χ0n) is 10.2. The number of aromatic nitrogens is 1. The van der Waals surface area contributed by atoms with Crippen molar-refractivity contribution in [2.24, 2.45) is 5.73 Å². The van der Waals surface area contributed by atoms with Gasteiger partial charge in [-0.1, -0.05) is 13.8 Å². The summed E-state index contributed by atoms with van der Waals surface area (Å²) >= 11 is 1.48. The molecule has 0 bridgehead atoms. The van der Waals surface area contributed by atoms with Crippen LogP contribution in [0.5, 0.6) is 0 Å². The molecule has 1 atom stereocenters. The normalized spacial score (nSPS) is 12.9. The number of rotatable bonds is 7. The summed E-state index contributed by atoms with van der Waals surface area (Å²) in [6.07, 6.45) is 0.846. The second-order valence-corrected chi connectivity index (χ2v) is 4.70. The van der Waals surface area contributed by atoms with Crippen molar-refractivity contribution in [1.82, 2.24) is 9.88 Å². The van der Waals surface area contributed by atoms with Gasteiger partial charge in [0.05, 0.1) is 10.7 Å². The molecule has 0 radical (unpaired) electrons. The van der Waals surface area contributed by atoms with Crippen LogP contribution in [-0.2, 0) is 11.2 Å². The third kappa shape index (κ3) is 4.07. The Labute approximate surface area is 105 Å². The lowest BCUT2D eigenvalue weighted by Crippen LogP contribution is -2.25. The molecule has 0 aliphatic rings. The number of aliphatic carboxylic acids is 1. The molecule has 0 fully saturated rings. The summed E-state index contributed by atoms with van der Waals surface area (Å²) in [6.45, 7) is 7.23. The molecule has 6 heteroatoms. The summed E-state index contributed by atoms with van der Waals surface area (Å²) in [5.74, 6) is -1.04. The van der Waals surface area contributed by atoms with Crippen LogP contribution in [-0.4, -0.2) is 40.6 Å². The number of carboxylic acids is 1. The van der Waals surface area contributed by atoms with Gasteiger partial charge in [0.2, 0.25) is 0 Å². The molecule has 0 aliphatic heterocycles. The van der Waals surface area contributed by atoms with Crippen molar-refractivity contribution in [3.63, 3.8) is 0 Å². The molecule has 1 rings (SSSR count). The van der Waals surface area contributed by atoms with Crippen LogP contribution >= 0.6 is 11.3 Å². The average Bonchev–Trinajstić information content (AvgIpc) is 2.78. The van der Waals surface area contributed by atoms with E-state index < -0.39 is 12.0 Å². The predicted molar refractivity (Wildman–Crippen MR) is 68.2 cm³/mol. The van der Waals surface area contributed by atoms with Gasteiger partial charge >= 0.3 is 5.97 Å². The number of nitrogens with zero attached hydrogens (tertiary/aromatic N) is 2. The maximum atomic E-state index is 10.7. The SMILES string of the molecule is CCN(CC)CCc1nc(C(N)C(=O)O)cs1. The van der Waals surface area contributed by atoms with Gasteiger partial charge in [0.15, 0.2) is 0 Å². The number of carbonyl (C=O) groups is 1. The molecule has 17 heavy (non-hydrogen) atoms. The van der Waals surface area contributed by atoms with Gasteiger partial charge in [-0.05, 0) is 13.1 Å². The minimum atomic E-state index is -1.04. The largest absolute Gasteiger partial charge is 0.480 e. The third-order valence-corrected chi connectivity index (χ3v) is 3.62. The highest BCUT2D eigenvalue weighted by Gasteiger charge is 2.17. The van der Waals surface area contributed by atoms with Gasteiger partial charge in [-0.3, -0.25) is 4.79 Å². The van der Waals surface area contributed by atoms with E-state index in [1.54, 1.807) is 5.38 Å². The van der Waals surface area contributed by atoms with Crippen LogP contribution in [0.25, 0.3) is 0 Å². The molecule has 0 saturated heterocycles. The van der Waals surface area contributed by atoms with Gasteiger partial charge < -0.3 is 15.7 Å². The lowest BCUT2D eigenvalue weighted by atomic mass is 10.2. The first-order chi connectivity index (χ1) is 8.08. The lowest BCUT2D eigenvalue weighted by Gasteiger charge is -2.16. The van der Waals surface area contributed by atoms with E-state index in [1.165, 1.54) is 11.3 Å². The first-order valence-corrected chi connectivity index (χ1v) is 6.61. The smallest absolute Gasteiger partial charge is 0.326 e. The quantitative estimate of drug-likeness (QED) is 0.765. The molecule has 0 saturated carbocycles. The zero-order valence-corrected chi connectivity index (χ0v) is 11.0. The van der Waals surface area contributed by atoms with E-state index >= 15 is 0 Å². The van der Waals surface area contributed by atoms with E-state index in [1.807, 2.05) is 0 Å². The van der Waals surface area contributed by atoms with Crippen molar-refractivity contribution < 1.29 is 9.90 Å². The van der Waals surface area contributed by atoms with E-state index in [0.717, 1.165) is 31.1 Å². The molecule has 1 aromatic rings. The third-order valence-electron chi connectivity index (χ3n) is 2.69. The number of hydrogen-bond donors (Lipinski definition) is 2. The highest BCUT2D eigenvalue weighted by molar-refractivity contribution is 7.09. The summed E-state index contributed by atoms with van der Waals surface area (Å²) in [4.78, 5) is 17.3. The monoisotopic (exact) mass is 257 g/mol. The van der Waals surface area contributed by atoms with Crippen molar-refractivity contribution in [2.45, 2.75) is 26.3 Å². The average molecular weight is 257 g/mol. The molecule has 96 valence electrons. The first kappa shape index (κ1) is 14.1. The van der Waals surface area contributed by atoms with Crippen LogP contribution in [0.1, 0.15) is 30.6 Å². The van der Waals surface area contributed by atoms with Crippen molar-refractivity contribution in [3.8, 4) is 0 Å². The second kappa shape index (κ2) is 6.68. The highest BCUT2D eigenvalue weighted by atomic mass is 32.1. The Morgan fingerprint density at radius 1 is 1.59 bits per heavy atom. The Morgan fingerprint density at radius 3 is 2.76 bits per heavy atom. The number of likely N-dealkylation sites (N-methyl/N-ethyl adjacent to an activating group) is 1. The van der Waals surface area contributed by atoms with Gasteiger partial charge in [0, 0.05) is 18.3 Å². The number of thiazole rings is 1. The Morgan fingerprint density at radius 2 is 2.24 bits per heavy atom. The fraction of sp³-hybridized carbons (Fsp3) is 0.636. The predicted octanol–water partition coefficient (Wildman–Crippen LogP) is 1.11. The van der Waals surface area contributed by atoms with Crippen LogP contribution in [0.2, 0.25) is 0 Å². The van der Waals surface area contributed by atoms with Crippen LogP contribution in [0.4, 0.5) is 0 Å².